The van der Waals surface area contributed by atoms with Crippen LogP contribution in [-0.2, 0) is 9.59 Å². The van der Waals surface area contributed by atoms with E-state index in [-0.39, 0.29) is 5.91 Å². The van der Waals surface area contributed by atoms with E-state index in [1.54, 1.807) is 0 Å². The van der Waals surface area contributed by atoms with Crippen LogP contribution in [0.2, 0.25) is 0 Å². The van der Waals surface area contributed by atoms with Crippen molar-refractivity contribution in [2.24, 2.45) is 0 Å². The Hall–Kier alpha value is -0.860. The fraction of sp³-hybridized carbons (Fsp3) is 0.846. The number of nitrogens with one attached hydrogen (secondary N) is 1. The molecule has 0 aromatic carbocycles. The highest BCUT2D eigenvalue weighted by Gasteiger charge is 1.98. The summed E-state index contributed by atoms with van der Waals surface area (Å²) in [7, 11) is 0. The maximum absolute atomic E-state index is 11.0. The second-order valence-corrected chi connectivity index (χ2v) is 4.11. The predicted octanol–water partition coefficient (Wildman–Crippen LogP) is 2.83. The molecule has 0 rings (SSSR count). The highest BCUT2D eigenvalue weighted by molar-refractivity contribution is 5.77. The van der Waals surface area contributed by atoms with Crippen LogP contribution in [-0.4, -0.2) is 18.2 Å². The van der Waals surface area contributed by atoms with E-state index in [2.05, 4.69) is 5.32 Å². The summed E-state index contributed by atoms with van der Waals surface area (Å²) in [5.74, 6) is 0.503. The number of ketones is 1. The Bertz CT molecular complexity index is 180. The van der Waals surface area contributed by atoms with E-state index in [1.165, 1.54) is 6.42 Å². The van der Waals surface area contributed by atoms with Gasteiger partial charge in [-0.05, 0) is 12.8 Å². The topological polar surface area (TPSA) is 46.2 Å². The van der Waals surface area contributed by atoms with Gasteiger partial charge >= 0.3 is 0 Å². The largest absolute Gasteiger partial charge is 0.356 e. The van der Waals surface area contributed by atoms with Gasteiger partial charge in [0.25, 0.3) is 0 Å². The number of amides is 1. The average molecular weight is 227 g/mol. The molecule has 1 N–H and O–H groups in total. The van der Waals surface area contributed by atoms with Crippen molar-refractivity contribution < 1.29 is 9.59 Å². The summed E-state index contributed by atoms with van der Waals surface area (Å²) in [5.41, 5.74) is 0. The van der Waals surface area contributed by atoms with E-state index in [9.17, 15) is 9.59 Å². The number of carbonyl (C=O) groups is 2. The maximum Gasteiger partial charge on any atom is 0.219 e. The SMILES string of the molecule is CCC(=O)CCCCCCCNC(=O)CC. The molecular weight excluding hydrogens is 202 g/mol. The fourth-order valence-corrected chi connectivity index (χ4v) is 1.51. The normalized spacial score (nSPS) is 10.1. The van der Waals surface area contributed by atoms with E-state index in [0.29, 0.717) is 18.6 Å². The van der Waals surface area contributed by atoms with Crippen LogP contribution in [0.1, 0.15) is 65.2 Å². The fourth-order valence-electron chi connectivity index (χ4n) is 1.51. The quantitative estimate of drug-likeness (QED) is 0.583. The van der Waals surface area contributed by atoms with E-state index >= 15 is 0 Å². The van der Waals surface area contributed by atoms with Gasteiger partial charge in [0.2, 0.25) is 5.91 Å². The van der Waals surface area contributed by atoms with Crippen LogP contribution in [0.3, 0.4) is 0 Å². The third-order valence-corrected chi connectivity index (χ3v) is 2.67. The zero-order valence-electron chi connectivity index (χ0n) is 10.7. The molecule has 0 fully saturated rings. The molecule has 0 heterocycles. The van der Waals surface area contributed by atoms with Gasteiger partial charge in [0.1, 0.15) is 5.78 Å². The third-order valence-electron chi connectivity index (χ3n) is 2.67. The monoisotopic (exact) mass is 227 g/mol. The van der Waals surface area contributed by atoms with Crippen LogP contribution < -0.4 is 5.32 Å². The molecule has 0 atom stereocenters. The van der Waals surface area contributed by atoms with Gasteiger partial charge in [-0.3, -0.25) is 9.59 Å². The molecule has 0 spiro atoms. The maximum atomic E-state index is 11.0. The summed E-state index contributed by atoms with van der Waals surface area (Å²) in [6, 6.07) is 0. The first-order valence-electron chi connectivity index (χ1n) is 6.49. The highest BCUT2D eigenvalue weighted by Crippen LogP contribution is 2.06. The number of hydrogen-bond acceptors (Lipinski definition) is 2. The van der Waals surface area contributed by atoms with Crippen LogP contribution in [0.5, 0.6) is 0 Å². The van der Waals surface area contributed by atoms with Gasteiger partial charge in [-0.1, -0.05) is 33.1 Å². The smallest absolute Gasteiger partial charge is 0.219 e. The molecule has 1 amide bonds. The molecule has 3 heteroatoms. The van der Waals surface area contributed by atoms with E-state index in [1.807, 2.05) is 13.8 Å². The third kappa shape index (κ3) is 9.69. The van der Waals surface area contributed by atoms with Crippen molar-refractivity contribution in [1.82, 2.24) is 5.32 Å². The molecule has 0 saturated carbocycles. The Balaban J connectivity index is 3.10. The van der Waals surface area contributed by atoms with Gasteiger partial charge in [0.15, 0.2) is 0 Å². The molecule has 3 nitrogen and oxygen atoms in total. The zero-order valence-corrected chi connectivity index (χ0v) is 10.7. The summed E-state index contributed by atoms with van der Waals surface area (Å²) < 4.78 is 0. The first kappa shape index (κ1) is 15.1. The lowest BCUT2D eigenvalue weighted by atomic mass is 10.1. The standard InChI is InChI=1S/C13H25NO2/c1-3-12(15)10-8-6-5-7-9-11-14-13(16)4-2/h3-11H2,1-2H3,(H,14,16). The van der Waals surface area contributed by atoms with Crippen molar-refractivity contribution in [2.45, 2.75) is 65.2 Å². The number of unbranched alkanes of at least 4 members (excludes halogenated alkanes) is 4. The van der Waals surface area contributed by atoms with Crippen LogP contribution in [0.4, 0.5) is 0 Å². The second-order valence-electron chi connectivity index (χ2n) is 4.11. The summed E-state index contributed by atoms with van der Waals surface area (Å²) in [5, 5.41) is 2.86. The van der Waals surface area contributed by atoms with Gasteiger partial charge < -0.3 is 5.32 Å². The van der Waals surface area contributed by atoms with Crippen molar-refractivity contribution in [3.63, 3.8) is 0 Å². The first-order valence-corrected chi connectivity index (χ1v) is 6.49. The van der Waals surface area contributed by atoms with Gasteiger partial charge in [0.05, 0.1) is 0 Å². The molecule has 0 aliphatic carbocycles. The summed E-state index contributed by atoms with van der Waals surface area (Å²) in [6.07, 6.45) is 7.49. The van der Waals surface area contributed by atoms with E-state index < -0.39 is 0 Å². The van der Waals surface area contributed by atoms with Gasteiger partial charge in [-0.2, -0.15) is 0 Å². The Morgan fingerprint density at radius 2 is 1.50 bits per heavy atom. The Morgan fingerprint density at radius 3 is 2.12 bits per heavy atom. The van der Waals surface area contributed by atoms with Crippen molar-refractivity contribution in [3.05, 3.63) is 0 Å². The molecule has 0 radical (unpaired) electrons. The van der Waals surface area contributed by atoms with Gasteiger partial charge in [0, 0.05) is 25.8 Å². The Labute approximate surface area is 99.0 Å². The van der Waals surface area contributed by atoms with E-state index in [4.69, 9.17) is 0 Å². The average Bonchev–Trinajstić information content (AvgIpc) is 2.31. The molecule has 94 valence electrons. The molecule has 0 aliphatic heterocycles. The van der Waals surface area contributed by atoms with Crippen LogP contribution >= 0.6 is 0 Å². The number of hydrogen-bond donors (Lipinski definition) is 1. The first-order chi connectivity index (χ1) is 7.70. The van der Waals surface area contributed by atoms with Crippen LogP contribution in [0.25, 0.3) is 0 Å². The molecule has 0 aromatic heterocycles. The number of Topliss-reactive ketones (excluding diaryl/α,β-unsaturated/α-hetero) is 1. The molecule has 0 saturated heterocycles. The van der Waals surface area contributed by atoms with E-state index in [0.717, 1.165) is 38.6 Å². The van der Waals surface area contributed by atoms with Crippen molar-refractivity contribution >= 4 is 11.7 Å². The van der Waals surface area contributed by atoms with Crippen LogP contribution in [0, 0.1) is 0 Å². The Kier molecular flexibility index (Phi) is 10.1. The van der Waals surface area contributed by atoms with Crippen LogP contribution in [0.15, 0.2) is 0 Å². The molecule has 0 bridgehead atoms. The molecule has 0 unspecified atom stereocenters. The minimum absolute atomic E-state index is 0.133. The number of rotatable bonds is 10. The minimum atomic E-state index is 0.133. The lowest BCUT2D eigenvalue weighted by molar-refractivity contribution is -0.121. The van der Waals surface area contributed by atoms with Gasteiger partial charge in [-0.25, -0.2) is 0 Å². The summed E-state index contributed by atoms with van der Waals surface area (Å²) in [6.45, 7) is 4.57. The Morgan fingerprint density at radius 1 is 0.875 bits per heavy atom. The predicted molar refractivity (Wildman–Crippen MR) is 66.3 cm³/mol. The summed E-state index contributed by atoms with van der Waals surface area (Å²) >= 11 is 0. The second kappa shape index (κ2) is 10.7. The van der Waals surface area contributed by atoms with Gasteiger partial charge in [-0.15, -0.1) is 0 Å². The molecule has 0 aliphatic rings. The lowest BCUT2D eigenvalue weighted by Gasteiger charge is -2.03. The molecule has 16 heavy (non-hydrogen) atoms. The highest BCUT2D eigenvalue weighted by atomic mass is 16.1. The zero-order chi connectivity index (χ0) is 12.2. The molecular formula is C13H25NO2. The van der Waals surface area contributed by atoms with Crippen molar-refractivity contribution in [3.8, 4) is 0 Å². The number of carbonyl (C=O) groups excluding carboxylic acids is 2. The van der Waals surface area contributed by atoms with Crippen molar-refractivity contribution in [1.29, 1.82) is 0 Å². The van der Waals surface area contributed by atoms with Crippen molar-refractivity contribution in [2.75, 3.05) is 6.54 Å². The lowest BCUT2D eigenvalue weighted by Crippen LogP contribution is -2.23. The molecule has 0 aromatic rings. The minimum Gasteiger partial charge on any atom is -0.356 e. The summed E-state index contributed by atoms with van der Waals surface area (Å²) in [4.78, 5) is 21.9.